The van der Waals surface area contributed by atoms with Crippen LogP contribution in [0.25, 0.3) is 0 Å². The molecule has 4 nitrogen and oxygen atoms in total. The van der Waals surface area contributed by atoms with Crippen LogP contribution in [0.3, 0.4) is 0 Å². The Labute approximate surface area is 119 Å². The van der Waals surface area contributed by atoms with Crippen molar-refractivity contribution in [2.45, 2.75) is 18.1 Å². The molecule has 1 N–H and O–H groups in total. The van der Waals surface area contributed by atoms with Gasteiger partial charge < -0.3 is 10.1 Å². The zero-order valence-electron chi connectivity index (χ0n) is 10.0. The van der Waals surface area contributed by atoms with Gasteiger partial charge in [0.2, 0.25) is 0 Å². The molecular weight excluding hydrogens is 296 g/mol. The first kappa shape index (κ1) is 15.7. The van der Waals surface area contributed by atoms with E-state index in [0.717, 1.165) is 0 Å². The molecule has 0 aliphatic heterocycles. The summed E-state index contributed by atoms with van der Waals surface area (Å²) in [6, 6.07) is 5.71. The van der Waals surface area contributed by atoms with Crippen molar-refractivity contribution in [1.82, 2.24) is 5.32 Å². The van der Waals surface area contributed by atoms with Crippen molar-refractivity contribution in [1.29, 1.82) is 0 Å². The number of benzene rings is 1. The first-order valence-electron chi connectivity index (χ1n) is 5.35. The van der Waals surface area contributed by atoms with Crippen LogP contribution in [0.15, 0.2) is 24.3 Å². The van der Waals surface area contributed by atoms with Crippen LogP contribution in [0.1, 0.15) is 18.0 Å². The van der Waals surface area contributed by atoms with Gasteiger partial charge in [0.1, 0.15) is 0 Å². The van der Waals surface area contributed by atoms with E-state index in [-0.39, 0.29) is 6.42 Å². The molecule has 0 aromatic heterocycles. The summed E-state index contributed by atoms with van der Waals surface area (Å²) in [4.78, 5) is 22.6. The van der Waals surface area contributed by atoms with Crippen molar-refractivity contribution in [2.75, 3.05) is 7.11 Å². The third kappa shape index (κ3) is 5.04. The molecule has 1 aromatic carbocycles. The van der Waals surface area contributed by atoms with Gasteiger partial charge in [0, 0.05) is 5.02 Å². The van der Waals surface area contributed by atoms with Crippen LogP contribution in [0.5, 0.6) is 0 Å². The monoisotopic (exact) mass is 307 g/mol. The second kappa shape index (κ2) is 7.31. The smallest absolute Gasteiger partial charge is 0.307 e. The number of esters is 1. The summed E-state index contributed by atoms with van der Waals surface area (Å²) in [6.45, 7) is 0. The van der Waals surface area contributed by atoms with Crippen LogP contribution in [-0.2, 0) is 14.3 Å². The Morgan fingerprint density at radius 3 is 2.42 bits per heavy atom. The van der Waals surface area contributed by atoms with Crippen molar-refractivity contribution in [3.05, 3.63) is 34.9 Å². The Morgan fingerprint density at radius 1 is 1.37 bits per heavy atom. The summed E-state index contributed by atoms with van der Waals surface area (Å²) in [6.07, 6.45) is -0.131. The van der Waals surface area contributed by atoms with E-state index < -0.39 is 23.5 Å². The summed E-state index contributed by atoms with van der Waals surface area (Å²) in [7, 11) is 1.22. The number of methoxy groups -OCH3 is 1. The first-order valence-corrected chi connectivity index (χ1v) is 6.16. The summed E-state index contributed by atoms with van der Waals surface area (Å²) in [5.41, 5.74) is -1.58. The van der Waals surface area contributed by atoms with E-state index in [9.17, 15) is 14.0 Å². The Balaban J connectivity index is 2.88. The lowest BCUT2D eigenvalue weighted by Gasteiger charge is -2.18. The van der Waals surface area contributed by atoms with Gasteiger partial charge in [-0.25, -0.2) is 4.39 Å². The summed E-state index contributed by atoms with van der Waals surface area (Å²) < 4.78 is 17.2. The van der Waals surface area contributed by atoms with Crippen molar-refractivity contribution >= 4 is 35.1 Å². The highest BCUT2D eigenvalue weighted by molar-refractivity contribution is 6.30. The van der Waals surface area contributed by atoms with E-state index in [1.54, 1.807) is 24.3 Å². The predicted molar refractivity (Wildman–Crippen MR) is 69.7 cm³/mol. The number of carbonyl (C=O) groups is 2. The number of rotatable bonds is 5. The van der Waals surface area contributed by atoms with E-state index in [2.05, 4.69) is 10.1 Å². The van der Waals surface area contributed by atoms with Crippen LogP contribution in [0.4, 0.5) is 4.39 Å². The van der Waals surface area contributed by atoms with Crippen LogP contribution >= 0.6 is 23.2 Å². The van der Waals surface area contributed by atoms with Gasteiger partial charge >= 0.3 is 5.97 Å². The third-order valence-corrected chi connectivity index (χ3v) is 2.84. The van der Waals surface area contributed by atoms with Gasteiger partial charge in [0.05, 0.1) is 19.6 Å². The lowest BCUT2D eigenvalue weighted by atomic mass is 10.0. The Hall–Kier alpha value is -1.33. The lowest BCUT2D eigenvalue weighted by molar-refractivity contribution is -0.141. The Bertz CT molecular complexity index is 451. The molecular formula is C12H12Cl2FNO3. The molecule has 0 bridgehead atoms. The number of amides is 1. The average Bonchev–Trinajstić information content (AvgIpc) is 2.38. The highest BCUT2D eigenvalue weighted by Crippen LogP contribution is 2.20. The number of ether oxygens (including phenoxy) is 1. The molecule has 1 amide bonds. The van der Waals surface area contributed by atoms with Gasteiger partial charge in [-0.3, -0.25) is 9.59 Å². The first-order chi connectivity index (χ1) is 8.93. The summed E-state index contributed by atoms with van der Waals surface area (Å²) >= 11 is 10.8. The van der Waals surface area contributed by atoms with E-state index in [1.165, 1.54) is 7.11 Å². The largest absolute Gasteiger partial charge is 0.469 e. The fourth-order valence-electron chi connectivity index (χ4n) is 1.43. The Morgan fingerprint density at radius 2 is 1.95 bits per heavy atom. The highest BCUT2D eigenvalue weighted by Gasteiger charge is 2.22. The molecule has 19 heavy (non-hydrogen) atoms. The maximum Gasteiger partial charge on any atom is 0.307 e. The molecule has 0 spiro atoms. The zero-order valence-corrected chi connectivity index (χ0v) is 11.5. The van der Waals surface area contributed by atoms with Gasteiger partial charge in [-0.1, -0.05) is 35.3 Å². The molecule has 1 rings (SSSR count). The van der Waals surface area contributed by atoms with E-state index in [1.807, 2.05) is 0 Å². The van der Waals surface area contributed by atoms with Gasteiger partial charge in [-0.2, -0.15) is 0 Å². The minimum absolute atomic E-state index is 0.131. The second-order valence-corrected chi connectivity index (χ2v) is 4.51. The normalized spacial score (nSPS) is 13.5. The SMILES string of the molecule is COC(=O)CC(NC(=O)C(F)Cl)c1ccc(Cl)cc1. The predicted octanol–water partition coefficient (Wildman–Crippen LogP) is 2.59. The quantitative estimate of drug-likeness (QED) is 0.672. The minimum atomic E-state index is -2.17. The van der Waals surface area contributed by atoms with Crippen LogP contribution in [0, 0.1) is 0 Å². The number of alkyl halides is 2. The minimum Gasteiger partial charge on any atom is -0.469 e. The number of hydrogen-bond donors (Lipinski definition) is 1. The third-order valence-electron chi connectivity index (χ3n) is 2.39. The maximum absolute atomic E-state index is 12.7. The highest BCUT2D eigenvalue weighted by atomic mass is 35.5. The molecule has 104 valence electrons. The van der Waals surface area contributed by atoms with Gasteiger partial charge in [0.25, 0.3) is 11.5 Å². The summed E-state index contributed by atoms with van der Waals surface area (Å²) in [5, 5.41) is 2.83. The number of nitrogens with one attached hydrogen (secondary N) is 1. The molecule has 2 atom stereocenters. The van der Waals surface area contributed by atoms with Crippen LogP contribution in [-0.4, -0.2) is 24.6 Å². The fourth-order valence-corrected chi connectivity index (χ4v) is 1.62. The molecule has 0 heterocycles. The fraction of sp³-hybridized carbons (Fsp3) is 0.333. The van der Waals surface area contributed by atoms with Crippen LogP contribution < -0.4 is 5.32 Å². The topological polar surface area (TPSA) is 55.4 Å². The van der Waals surface area contributed by atoms with Gasteiger partial charge in [-0.15, -0.1) is 0 Å². The molecule has 0 saturated carbocycles. The van der Waals surface area contributed by atoms with E-state index >= 15 is 0 Å². The van der Waals surface area contributed by atoms with Crippen molar-refractivity contribution < 1.29 is 18.7 Å². The zero-order chi connectivity index (χ0) is 14.4. The lowest BCUT2D eigenvalue weighted by Crippen LogP contribution is -2.34. The molecule has 0 fully saturated rings. The average molecular weight is 308 g/mol. The molecule has 0 aliphatic carbocycles. The van der Waals surface area contributed by atoms with E-state index in [4.69, 9.17) is 23.2 Å². The second-order valence-electron chi connectivity index (χ2n) is 3.69. The molecule has 2 unspecified atom stereocenters. The van der Waals surface area contributed by atoms with Gasteiger partial charge in [0.15, 0.2) is 0 Å². The molecule has 0 radical (unpaired) electrons. The van der Waals surface area contributed by atoms with Crippen molar-refractivity contribution in [3.63, 3.8) is 0 Å². The van der Waals surface area contributed by atoms with Crippen molar-refractivity contribution in [3.8, 4) is 0 Å². The molecule has 0 aliphatic rings. The van der Waals surface area contributed by atoms with Crippen molar-refractivity contribution in [2.24, 2.45) is 0 Å². The number of hydrogen-bond acceptors (Lipinski definition) is 3. The summed E-state index contributed by atoms with van der Waals surface area (Å²) in [5.74, 6) is -1.55. The van der Waals surface area contributed by atoms with Gasteiger partial charge in [-0.05, 0) is 17.7 Å². The maximum atomic E-state index is 12.7. The van der Waals surface area contributed by atoms with E-state index in [0.29, 0.717) is 10.6 Å². The molecule has 0 saturated heterocycles. The number of halogens is 3. The standard InChI is InChI=1S/C12H12Cl2FNO3/c1-19-10(17)6-9(16-12(18)11(14)15)7-2-4-8(13)5-3-7/h2-5,9,11H,6H2,1H3,(H,16,18). The Kier molecular flexibility index (Phi) is 6.05. The van der Waals surface area contributed by atoms with Crippen LogP contribution in [0.2, 0.25) is 5.02 Å². The number of carbonyl (C=O) groups excluding carboxylic acids is 2. The molecule has 1 aromatic rings. The molecule has 7 heteroatoms.